The second kappa shape index (κ2) is 11.9. The fourth-order valence-electron chi connectivity index (χ4n) is 5.23. The van der Waals surface area contributed by atoms with Crippen LogP contribution in [0, 0.1) is 17.7 Å². The summed E-state index contributed by atoms with van der Waals surface area (Å²) in [5, 5.41) is 22.6. The molecule has 0 aliphatic carbocycles. The van der Waals surface area contributed by atoms with Gasteiger partial charge in [0.05, 0.1) is 16.3 Å². The van der Waals surface area contributed by atoms with E-state index in [2.05, 4.69) is 16.8 Å². The molecule has 3 unspecified atom stereocenters. The van der Waals surface area contributed by atoms with Crippen molar-refractivity contribution in [3.63, 3.8) is 0 Å². The molecule has 0 radical (unpaired) electrons. The molecule has 1 amide bonds. The normalized spacial score (nSPS) is 21.1. The van der Waals surface area contributed by atoms with E-state index in [1.165, 1.54) is 17.0 Å². The Bertz CT molecular complexity index is 1410. The molecule has 3 atom stereocenters. The minimum absolute atomic E-state index is 0.0343. The molecule has 3 aromatic rings. The van der Waals surface area contributed by atoms with Gasteiger partial charge in [0.25, 0.3) is 0 Å². The monoisotopic (exact) mass is 566 g/mol. The summed E-state index contributed by atoms with van der Waals surface area (Å²) < 4.78 is 14.9. The molecule has 1 aliphatic heterocycles. The zero-order chi connectivity index (χ0) is 29.2. The summed E-state index contributed by atoms with van der Waals surface area (Å²) in [6.07, 6.45) is 6.42. The van der Waals surface area contributed by atoms with Gasteiger partial charge in [0.1, 0.15) is 17.4 Å². The molecule has 9 heteroatoms. The maximum absolute atomic E-state index is 14.9. The van der Waals surface area contributed by atoms with Crippen LogP contribution in [0.25, 0.3) is 22.3 Å². The number of aromatic hydroxyl groups is 1. The summed E-state index contributed by atoms with van der Waals surface area (Å²) in [7, 11) is 3.67. The standard InChI is InChI=1S/C31H36ClFN4O3/c1-6-23-18-37(17-20(2)31(23,3)40)29-14-22(9-10-34-29)26-16-24(33)15-25(30(26)39)21-7-8-28(27(32)13-21)36(19-38)12-11-35(4)5/h7-16,19-20,23,39-40H,6,17-18H2,1-5H3/b12-11-. The summed E-state index contributed by atoms with van der Waals surface area (Å²) in [6, 6.07) is 11.1. The minimum Gasteiger partial charge on any atom is -0.507 e. The van der Waals surface area contributed by atoms with Crippen molar-refractivity contribution in [1.29, 1.82) is 0 Å². The van der Waals surface area contributed by atoms with Crippen LogP contribution >= 0.6 is 11.6 Å². The number of anilines is 2. The molecule has 1 fully saturated rings. The SMILES string of the molecule is CCC1CN(c2cc(-c3cc(F)cc(-c4ccc(N(C=O)/C=C\N(C)C)c(Cl)c4)c3O)ccn2)CC(C)C1(C)O. The Balaban J connectivity index is 1.69. The predicted octanol–water partition coefficient (Wildman–Crippen LogP) is 6.14. The van der Waals surface area contributed by atoms with Crippen LogP contribution in [0.3, 0.4) is 0 Å². The zero-order valence-electron chi connectivity index (χ0n) is 23.5. The van der Waals surface area contributed by atoms with Gasteiger partial charge in [0.15, 0.2) is 0 Å². The number of pyridine rings is 1. The van der Waals surface area contributed by atoms with Gasteiger partial charge < -0.3 is 20.0 Å². The summed E-state index contributed by atoms with van der Waals surface area (Å²) in [5.74, 6) is 0.210. The first kappa shape index (κ1) is 29.4. The highest BCUT2D eigenvalue weighted by Crippen LogP contribution is 2.42. The lowest BCUT2D eigenvalue weighted by molar-refractivity contribution is -0.107. The third-order valence-electron chi connectivity index (χ3n) is 7.88. The van der Waals surface area contributed by atoms with Crippen LogP contribution in [-0.4, -0.2) is 59.3 Å². The maximum Gasteiger partial charge on any atom is 0.218 e. The van der Waals surface area contributed by atoms with Gasteiger partial charge in [-0.1, -0.05) is 31.5 Å². The molecule has 1 aliphatic rings. The molecule has 7 nitrogen and oxygen atoms in total. The molecule has 2 heterocycles. The number of nitrogens with zero attached hydrogens (tertiary/aromatic N) is 4. The molecular formula is C31H36ClFN4O3. The highest BCUT2D eigenvalue weighted by molar-refractivity contribution is 6.34. The van der Waals surface area contributed by atoms with Gasteiger partial charge >= 0.3 is 0 Å². The summed E-state index contributed by atoms with van der Waals surface area (Å²) in [4.78, 5) is 21.5. The lowest BCUT2D eigenvalue weighted by Crippen LogP contribution is -2.55. The second-order valence-corrected chi connectivity index (χ2v) is 11.2. The highest BCUT2D eigenvalue weighted by atomic mass is 35.5. The van der Waals surface area contributed by atoms with Gasteiger partial charge in [0.2, 0.25) is 6.41 Å². The number of phenols is 1. The number of halogens is 2. The molecule has 0 spiro atoms. The predicted molar refractivity (Wildman–Crippen MR) is 159 cm³/mol. The Kier molecular flexibility index (Phi) is 8.71. The smallest absolute Gasteiger partial charge is 0.218 e. The van der Waals surface area contributed by atoms with Gasteiger partial charge in [-0.2, -0.15) is 0 Å². The first-order valence-electron chi connectivity index (χ1n) is 13.3. The summed E-state index contributed by atoms with van der Waals surface area (Å²) >= 11 is 6.52. The van der Waals surface area contributed by atoms with E-state index in [0.29, 0.717) is 47.7 Å². The van der Waals surface area contributed by atoms with Crippen LogP contribution in [0.5, 0.6) is 5.75 Å². The number of hydrogen-bond acceptors (Lipinski definition) is 6. The molecule has 0 bridgehead atoms. The van der Waals surface area contributed by atoms with E-state index >= 15 is 0 Å². The van der Waals surface area contributed by atoms with E-state index < -0.39 is 11.4 Å². The van der Waals surface area contributed by atoms with Crippen molar-refractivity contribution >= 4 is 29.5 Å². The Morgan fingerprint density at radius 3 is 2.40 bits per heavy atom. The molecule has 1 aromatic heterocycles. The number of rotatable bonds is 8. The fourth-order valence-corrected chi connectivity index (χ4v) is 5.51. The number of phenolic OH excluding ortho intramolecular Hbond substituents is 1. The number of carbonyl (C=O) groups is 1. The van der Waals surface area contributed by atoms with E-state index in [1.54, 1.807) is 47.8 Å². The van der Waals surface area contributed by atoms with Crippen molar-refractivity contribution in [2.75, 3.05) is 37.0 Å². The zero-order valence-corrected chi connectivity index (χ0v) is 24.2. The lowest BCUT2D eigenvalue weighted by Gasteiger charge is -2.47. The first-order valence-corrected chi connectivity index (χ1v) is 13.7. The van der Waals surface area contributed by atoms with E-state index in [-0.39, 0.29) is 28.2 Å². The van der Waals surface area contributed by atoms with Crippen LogP contribution in [0.2, 0.25) is 5.02 Å². The molecule has 40 heavy (non-hydrogen) atoms. The van der Waals surface area contributed by atoms with E-state index in [1.807, 2.05) is 34.0 Å². The van der Waals surface area contributed by atoms with Crippen LogP contribution in [-0.2, 0) is 4.79 Å². The molecule has 0 saturated carbocycles. The molecule has 2 aromatic carbocycles. The number of amides is 1. The Labute approximate surface area is 240 Å². The molecule has 4 rings (SSSR count). The Hall–Kier alpha value is -3.62. The number of piperidine rings is 1. The topological polar surface area (TPSA) is 80.1 Å². The molecule has 212 valence electrons. The Morgan fingerprint density at radius 1 is 1.12 bits per heavy atom. The average Bonchev–Trinajstić information content (AvgIpc) is 2.92. The van der Waals surface area contributed by atoms with Gasteiger partial charge in [-0.25, -0.2) is 9.37 Å². The molecule has 2 N–H and O–H groups in total. The van der Waals surface area contributed by atoms with Crippen molar-refractivity contribution in [1.82, 2.24) is 9.88 Å². The number of carbonyl (C=O) groups excluding carboxylic acids is 1. The molecule has 1 saturated heterocycles. The van der Waals surface area contributed by atoms with Crippen LogP contribution in [0.4, 0.5) is 15.9 Å². The highest BCUT2D eigenvalue weighted by Gasteiger charge is 2.42. The number of hydrogen-bond donors (Lipinski definition) is 2. The first-order chi connectivity index (χ1) is 19.0. The molecular weight excluding hydrogens is 531 g/mol. The largest absolute Gasteiger partial charge is 0.507 e. The van der Waals surface area contributed by atoms with Crippen molar-refractivity contribution in [2.45, 2.75) is 32.8 Å². The number of benzene rings is 2. The van der Waals surface area contributed by atoms with Gasteiger partial charge in [-0.15, -0.1) is 0 Å². The van der Waals surface area contributed by atoms with Gasteiger partial charge in [-0.05, 0) is 60.9 Å². The maximum atomic E-state index is 14.9. The summed E-state index contributed by atoms with van der Waals surface area (Å²) in [5.41, 5.74) is 1.41. The fraction of sp³-hybridized carbons (Fsp3) is 0.355. The Morgan fingerprint density at radius 2 is 1.80 bits per heavy atom. The van der Waals surface area contributed by atoms with Gasteiger partial charge in [-0.3, -0.25) is 9.69 Å². The minimum atomic E-state index is -0.763. The second-order valence-electron chi connectivity index (χ2n) is 10.8. The average molecular weight is 567 g/mol. The quantitative estimate of drug-likeness (QED) is 0.319. The van der Waals surface area contributed by atoms with Crippen molar-refractivity contribution in [3.8, 4) is 28.0 Å². The third kappa shape index (κ3) is 5.93. The van der Waals surface area contributed by atoms with Crippen LogP contribution in [0.1, 0.15) is 27.2 Å². The number of aromatic nitrogens is 1. The van der Waals surface area contributed by atoms with E-state index in [4.69, 9.17) is 11.6 Å². The van der Waals surface area contributed by atoms with Crippen LogP contribution < -0.4 is 9.80 Å². The van der Waals surface area contributed by atoms with Crippen molar-refractivity contribution < 1.29 is 19.4 Å². The summed E-state index contributed by atoms with van der Waals surface area (Å²) in [6.45, 7) is 7.28. The van der Waals surface area contributed by atoms with Gasteiger partial charge in [0, 0.05) is 68.7 Å². The third-order valence-corrected chi connectivity index (χ3v) is 8.19. The number of aliphatic hydroxyl groups is 1. The van der Waals surface area contributed by atoms with E-state index in [9.17, 15) is 19.4 Å². The van der Waals surface area contributed by atoms with Crippen LogP contribution in [0.15, 0.2) is 61.1 Å². The van der Waals surface area contributed by atoms with Crippen molar-refractivity contribution in [3.05, 3.63) is 71.9 Å². The van der Waals surface area contributed by atoms with E-state index in [0.717, 1.165) is 6.42 Å². The van der Waals surface area contributed by atoms with Crippen molar-refractivity contribution in [2.24, 2.45) is 11.8 Å². The lowest BCUT2D eigenvalue weighted by atomic mass is 9.74.